The number of aryl methyl sites for hydroxylation is 2. The fraction of sp³-hybridized carbons (Fsp3) is 0.621. The maximum atomic E-state index is 14.1. The van der Waals surface area contributed by atoms with Crippen molar-refractivity contribution in [1.82, 2.24) is 33.7 Å². The van der Waals surface area contributed by atoms with Gasteiger partial charge < -0.3 is 19.5 Å². The van der Waals surface area contributed by atoms with E-state index in [1.165, 1.54) is 0 Å². The van der Waals surface area contributed by atoms with Crippen molar-refractivity contribution in [3.63, 3.8) is 0 Å². The van der Waals surface area contributed by atoms with Gasteiger partial charge in [-0.05, 0) is 64.6 Å². The number of rotatable bonds is 17. The second kappa shape index (κ2) is 14.9. The van der Waals surface area contributed by atoms with Crippen LogP contribution in [0, 0.1) is 6.92 Å². The van der Waals surface area contributed by atoms with Crippen LogP contribution in [-0.4, -0.2) is 101 Å². The molecule has 2 heterocycles. The molecule has 0 aliphatic carbocycles. The molecule has 0 radical (unpaired) electrons. The van der Waals surface area contributed by atoms with Crippen molar-refractivity contribution in [2.24, 2.45) is 0 Å². The van der Waals surface area contributed by atoms with Crippen LogP contribution < -0.4 is 10.3 Å². The van der Waals surface area contributed by atoms with E-state index >= 15 is 0 Å². The summed E-state index contributed by atoms with van der Waals surface area (Å²) in [5.41, 5.74) is 1.07. The number of aromatic nitrogens is 4. The highest BCUT2D eigenvalue weighted by Crippen LogP contribution is 2.31. The second-order valence-corrected chi connectivity index (χ2v) is 11.9. The Labute approximate surface area is 244 Å². The van der Waals surface area contributed by atoms with E-state index in [4.69, 9.17) is 9.84 Å². The molecule has 0 unspecified atom stereocenters. The molecule has 3 rings (SSSR count). The SMILES string of the molecule is CCCc1nc(C)c2c(=O)[nH]c(-c3cc(S(=O)(=O)N(CCN(CC)CC)CCN(CC)CC)ccc3OCC)nn12. The van der Waals surface area contributed by atoms with E-state index in [-0.39, 0.29) is 16.3 Å². The van der Waals surface area contributed by atoms with Crippen molar-refractivity contribution in [3.8, 4) is 17.1 Å². The number of aromatic amines is 1. The number of sulfonamides is 1. The lowest BCUT2D eigenvalue weighted by molar-refractivity contribution is 0.241. The van der Waals surface area contributed by atoms with E-state index in [0.717, 1.165) is 32.6 Å². The van der Waals surface area contributed by atoms with Gasteiger partial charge in [-0.25, -0.2) is 17.9 Å². The van der Waals surface area contributed by atoms with Gasteiger partial charge in [0.2, 0.25) is 10.0 Å². The number of H-pyrrole nitrogens is 1. The first-order valence-corrected chi connectivity index (χ1v) is 16.3. The largest absolute Gasteiger partial charge is 0.493 e. The average Bonchev–Trinajstić information content (AvgIpc) is 3.28. The maximum Gasteiger partial charge on any atom is 0.277 e. The molecule has 0 aliphatic rings. The van der Waals surface area contributed by atoms with Crippen LogP contribution >= 0.6 is 0 Å². The Morgan fingerprint density at radius 3 is 2.07 bits per heavy atom. The van der Waals surface area contributed by atoms with Gasteiger partial charge in [-0.3, -0.25) is 4.79 Å². The molecule has 0 saturated carbocycles. The summed E-state index contributed by atoms with van der Waals surface area (Å²) < 4.78 is 37.3. The molecule has 12 heteroatoms. The summed E-state index contributed by atoms with van der Waals surface area (Å²) in [5, 5.41) is 4.72. The van der Waals surface area contributed by atoms with Gasteiger partial charge in [0.25, 0.3) is 5.56 Å². The molecule has 0 saturated heterocycles. The molecule has 1 N–H and O–H groups in total. The fourth-order valence-corrected chi connectivity index (χ4v) is 6.41. The van der Waals surface area contributed by atoms with Gasteiger partial charge in [0.05, 0.1) is 22.8 Å². The van der Waals surface area contributed by atoms with E-state index in [9.17, 15) is 13.2 Å². The van der Waals surface area contributed by atoms with Crippen LogP contribution in [0.5, 0.6) is 5.75 Å². The highest BCUT2D eigenvalue weighted by atomic mass is 32.2. The Balaban J connectivity index is 2.12. The standard InChI is InChI=1S/C29H47N7O4S/c1-8-14-26-30-22(7)27-29(37)31-28(32-36(26)27)24-21-23(15-16-25(24)40-13-6)41(38,39)35(19-17-33(9-2)10-3)20-18-34(11-4)12-5/h15-16,21H,8-14,17-20H2,1-7H3,(H,31,32,37). The zero-order valence-electron chi connectivity index (χ0n) is 25.7. The molecule has 0 amide bonds. The zero-order valence-corrected chi connectivity index (χ0v) is 26.6. The van der Waals surface area contributed by atoms with Gasteiger partial charge in [0.15, 0.2) is 11.3 Å². The van der Waals surface area contributed by atoms with E-state index in [2.05, 4.69) is 47.5 Å². The van der Waals surface area contributed by atoms with Crippen LogP contribution in [0.25, 0.3) is 16.9 Å². The molecule has 1 aromatic carbocycles. The number of likely N-dealkylation sites (N-methyl/N-ethyl adjacent to an activating group) is 2. The summed E-state index contributed by atoms with van der Waals surface area (Å²) in [6, 6.07) is 4.79. The Kier molecular flexibility index (Phi) is 11.9. The third-order valence-corrected chi connectivity index (χ3v) is 9.37. The average molecular weight is 590 g/mol. The minimum atomic E-state index is -3.87. The summed E-state index contributed by atoms with van der Waals surface area (Å²) in [5.74, 6) is 1.37. The van der Waals surface area contributed by atoms with Gasteiger partial charge in [0.1, 0.15) is 11.6 Å². The summed E-state index contributed by atoms with van der Waals surface area (Å²) in [6.07, 6.45) is 1.50. The molecular weight excluding hydrogens is 542 g/mol. The quantitative estimate of drug-likeness (QED) is 0.255. The summed E-state index contributed by atoms with van der Waals surface area (Å²) in [7, 11) is -3.87. The van der Waals surface area contributed by atoms with Gasteiger partial charge in [0, 0.05) is 32.6 Å². The van der Waals surface area contributed by atoms with Crippen LogP contribution in [-0.2, 0) is 16.4 Å². The number of benzene rings is 1. The molecule has 0 fully saturated rings. The Morgan fingerprint density at radius 1 is 0.927 bits per heavy atom. The molecule has 0 aliphatic heterocycles. The van der Waals surface area contributed by atoms with Crippen molar-refractivity contribution in [2.75, 3.05) is 59.0 Å². The smallest absolute Gasteiger partial charge is 0.277 e. The molecule has 0 atom stereocenters. The number of nitrogens with zero attached hydrogens (tertiary/aromatic N) is 6. The van der Waals surface area contributed by atoms with Crippen LogP contribution in [0.4, 0.5) is 0 Å². The molecule has 228 valence electrons. The van der Waals surface area contributed by atoms with E-state index < -0.39 is 10.0 Å². The number of nitrogens with one attached hydrogen (secondary N) is 1. The topological polar surface area (TPSA) is 116 Å². The maximum absolute atomic E-state index is 14.1. The third-order valence-electron chi connectivity index (χ3n) is 7.48. The van der Waals surface area contributed by atoms with Gasteiger partial charge >= 0.3 is 0 Å². The lowest BCUT2D eigenvalue weighted by atomic mass is 10.2. The minimum absolute atomic E-state index is 0.133. The lowest BCUT2D eigenvalue weighted by Gasteiger charge is -2.28. The van der Waals surface area contributed by atoms with Crippen LogP contribution in [0.15, 0.2) is 27.9 Å². The number of fused-ring (bicyclic) bond motifs is 1. The summed E-state index contributed by atoms with van der Waals surface area (Å²) in [4.78, 5) is 25.1. The first-order chi connectivity index (χ1) is 19.6. The van der Waals surface area contributed by atoms with Crippen molar-refractivity contribution in [1.29, 1.82) is 0 Å². The summed E-state index contributed by atoms with van der Waals surface area (Å²) >= 11 is 0. The molecule has 3 aromatic rings. The Hall–Kier alpha value is -2.80. The van der Waals surface area contributed by atoms with E-state index in [1.807, 2.05) is 13.8 Å². The molecule has 41 heavy (non-hydrogen) atoms. The van der Waals surface area contributed by atoms with E-state index in [0.29, 0.717) is 67.6 Å². The number of ether oxygens (including phenoxy) is 1. The molecular formula is C29H47N7O4S. The first kappa shape index (κ1) is 32.7. The van der Waals surface area contributed by atoms with Crippen LogP contribution in [0.2, 0.25) is 0 Å². The van der Waals surface area contributed by atoms with Gasteiger partial charge in [-0.15, -0.1) is 5.10 Å². The predicted octanol–water partition coefficient (Wildman–Crippen LogP) is 3.42. The van der Waals surface area contributed by atoms with Crippen molar-refractivity contribution >= 4 is 15.5 Å². The lowest BCUT2D eigenvalue weighted by Crippen LogP contribution is -2.42. The first-order valence-electron chi connectivity index (χ1n) is 14.8. The van der Waals surface area contributed by atoms with Crippen LogP contribution in [0.1, 0.15) is 59.5 Å². The van der Waals surface area contributed by atoms with Gasteiger partial charge in [-0.2, -0.15) is 4.31 Å². The molecule has 2 aromatic heterocycles. The molecule has 11 nitrogen and oxygen atoms in total. The fourth-order valence-electron chi connectivity index (χ4n) is 4.97. The number of hydrogen-bond acceptors (Lipinski definition) is 8. The normalized spacial score (nSPS) is 12.3. The monoisotopic (exact) mass is 589 g/mol. The highest BCUT2D eigenvalue weighted by Gasteiger charge is 2.27. The zero-order chi connectivity index (χ0) is 30.2. The Bertz CT molecular complexity index is 1430. The molecule has 0 bridgehead atoms. The highest BCUT2D eigenvalue weighted by molar-refractivity contribution is 7.89. The van der Waals surface area contributed by atoms with Gasteiger partial charge in [-0.1, -0.05) is 34.6 Å². The third kappa shape index (κ3) is 7.54. The van der Waals surface area contributed by atoms with Crippen LogP contribution in [0.3, 0.4) is 0 Å². The Morgan fingerprint density at radius 2 is 1.54 bits per heavy atom. The van der Waals surface area contributed by atoms with E-state index in [1.54, 1.807) is 33.9 Å². The minimum Gasteiger partial charge on any atom is -0.493 e. The van der Waals surface area contributed by atoms with Crippen molar-refractivity contribution < 1.29 is 13.2 Å². The number of hydrogen-bond donors (Lipinski definition) is 1. The van der Waals surface area contributed by atoms with Crippen molar-refractivity contribution in [2.45, 2.75) is 66.2 Å². The summed E-state index contributed by atoms with van der Waals surface area (Å²) in [6.45, 7) is 19.8. The van der Waals surface area contributed by atoms with Crippen molar-refractivity contribution in [3.05, 3.63) is 40.1 Å². The second-order valence-electron chi connectivity index (χ2n) is 9.98. The molecule has 0 spiro atoms. The predicted molar refractivity (Wildman–Crippen MR) is 163 cm³/mol. The number of imidazole rings is 1.